The molecule has 0 bridgehead atoms. The summed E-state index contributed by atoms with van der Waals surface area (Å²) in [6, 6.07) is 9.81. The Kier molecular flexibility index (Phi) is 3.47. The molecule has 0 saturated heterocycles. The van der Waals surface area contributed by atoms with Crippen LogP contribution in [0.15, 0.2) is 30.3 Å². The lowest BCUT2D eigenvalue weighted by atomic mass is 10.1. The maximum absolute atomic E-state index is 9.81. The lowest BCUT2D eigenvalue weighted by Crippen LogP contribution is -1.99. The van der Waals surface area contributed by atoms with E-state index in [0.29, 0.717) is 0 Å². The molecule has 2 aromatic rings. The Hall–Kier alpha value is -1.77. The molecule has 1 aromatic heterocycles. The molecular weight excluding hydrogens is 212 g/mol. The predicted molar refractivity (Wildman–Crippen MR) is 69.0 cm³/mol. The van der Waals surface area contributed by atoms with Gasteiger partial charge in [0, 0.05) is 18.2 Å². The summed E-state index contributed by atoms with van der Waals surface area (Å²) in [5.41, 5.74) is 3.10. The van der Waals surface area contributed by atoms with Gasteiger partial charge in [0.15, 0.2) is 0 Å². The minimum Gasteiger partial charge on any atom is -0.493 e. The topological polar surface area (TPSA) is 38.0 Å². The molecular formula is C14H18N2O. The standard InChI is InChI=1S/C14H18N2O/c1-3-4-9-16-14(17)10-13(15-16)12-8-6-5-7-11(12)2/h5-8,10,17H,3-4,9H2,1-2H3. The molecule has 0 amide bonds. The molecule has 0 aliphatic carbocycles. The number of aryl methyl sites for hydroxylation is 2. The zero-order valence-corrected chi connectivity index (χ0v) is 10.3. The summed E-state index contributed by atoms with van der Waals surface area (Å²) in [7, 11) is 0. The number of unbranched alkanes of at least 4 members (excludes halogenated alkanes) is 1. The summed E-state index contributed by atoms with van der Waals surface area (Å²) in [5, 5.41) is 14.3. The molecule has 1 aromatic carbocycles. The lowest BCUT2D eigenvalue weighted by molar-refractivity contribution is 0.394. The third kappa shape index (κ3) is 2.49. The Labute approximate surface area is 102 Å². The second-order valence-corrected chi connectivity index (χ2v) is 4.28. The molecule has 0 fully saturated rings. The van der Waals surface area contributed by atoms with Crippen molar-refractivity contribution in [1.82, 2.24) is 9.78 Å². The zero-order chi connectivity index (χ0) is 12.3. The van der Waals surface area contributed by atoms with Gasteiger partial charge < -0.3 is 5.11 Å². The van der Waals surface area contributed by atoms with E-state index in [2.05, 4.69) is 25.0 Å². The Morgan fingerprint density at radius 1 is 1.29 bits per heavy atom. The second kappa shape index (κ2) is 5.04. The van der Waals surface area contributed by atoms with E-state index in [9.17, 15) is 5.11 Å². The lowest BCUT2D eigenvalue weighted by Gasteiger charge is -2.02. The normalized spacial score (nSPS) is 10.7. The first-order valence-corrected chi connectivity index (χ1v) is 6.05. The van der Waals surface area contributed by atoms with Gasteiger partial charge in [0.05, 0.1) is 5.69 Å². The van der Waals surface area contributed by atoms with Gasteiger partial charge in [-0.15, -0.1) is 0 Å². The Bertz CT molecular complexity index is 503. The van der Waals surface area contributed by atoms with Crippen LogP contribution >= 0.6 is 0 Å². The average Bonchev–Trinajstić information content (AvgIpc) is 2.68. The van der Waals surface area contributed by atoms with E-state index in [1.807, 2.05) is 18.2 Å². The van der Waals surface area contributed by atoms with Crippen LogP contribution in [0, 0.1) is 6.92 Å². The zero-order valence-electron chi connectivity index (χ0n) is 10.3. The van der Waals surface area contributed by atoms with E-state index in [1.165, 1.54) is 5.56 Å². The minimum atomic E-state index is 0.247. The molecule has 0 aliphatic heterocycles. The van der Waals surface area contributed by atoms with Crippen LogP contribution in [-0.2, 0) is 6.54 Å². The second-order valence-electron chi connectivity index (χ2n) is 4.28. The SMILES string of the molecule is CCCCn1nc(-c2ccccc2C)cc1O. The summed E-state index contributed by atoms with van der Waals surface area (Å²) in [6.07, 6.45) is 2.13. The van der Waals surface area contributed by atoms with Crippen LogP contribution in [0.2, 0.25) is 0 Å². The summed E-state index contributed by atoms with van der Waals surface area (Å²) in [6.45, 7) is 4.95. The fourth-order valence-corrected chi connectivity index (χ4v) is 1.87. The van der Waals surface area contributed by atoms with Gasteiger partial charge >= 0.3 is 0 Å². The molecule has 0 unspecified atom stereocenters. The molecule has 0 saturated carbocycles. The van der Waals surface area contributed by atoms with Crippen LogP contribution in [0.4, 0.5) is 0 Å². The quantitative estimate of drug-likeness (QED) is 0.874. The molecule has 17 heavy (non-hydrogen) atoms. The molecule has 1 heterocycles. The molecule has 3 nitrogen and oxygen atoms in total. The minimum absolute atomic E-state index is 0.247. The van der Waals surface area contributed by atoms with Gasteiger partial charge in [0.1, 0.15) is 0 Å². The molecule has 0 aliphatic rings. The first-order valence-electron chi connectivity index (χ1n) is 6.05. The maximum atomic E-state index is 9.81. The Morgan fingerprint density at radius 3 is 2.76 bits per heavy atom. The number of benzene rings is 1. The van der Waals surface area contributed by atoms with Gasteiger partial charge in [0.2, 0.25) is 5.88 Å². The van der Waals surface area contributed by atoms with Gasteiger partial charge in [-0.05, 0) is 18.9 Å². The third-order valence-corrected chi connectivity index (χ3v) is 2.90. The van der Waals surface area contributed by atoms with Crippen LogP contribution in [0.1, 0.15) is 25.3 Å². The highest BCUT2D eigenvalue weighted by atomic mass is 16.3. The van der Waals surface area contributed by atoms with Crippen molar-refractivity contribution in [2.45, 2.75) is 33.2 Å². The summed E-state index contributed by atoms with van der Waals surface area (Å²) < 4.78 is 1.67. The molecule has 0 spiro atoms. The number of hydrogen-bond donors (Lipinski definition) is 1. The molecule has 0 atom stereocenters. The highest BCUT2D eigenvalue weighted by Crippen LogP contribution is 2.25. The highest BCUT2D eigenvalue weighted by Gasteiger charge is 2.09. The fraction of sp³-hybridized carbons (Fsp3) is 0.357. The van der Waals surface area contributed by atoms with Gasteiger partial charge in [-0.25, -0.2) is 4.68 Å². The van der Waals surface area contributed by atoms with Gasteiger partial charge in [-0.2, -0.15) is 5.10 Å². The van der Waals surface area contributed by atoms with Crippen LogP contribution in [-0.4, -0.2) is 14.9 Å². The highest BCUT2D eigenvalue weighted by molar-refractivity contribution is 5.64. The monoisotopic (exact) mass is 230 g/mol. The van der Waals surface area contributed by atoms with Crippen molar-refractivity contribution in [3.63, 3.8) is 0 Å². The molecule has 2 rings (SSSR count). The first kappa shape index (κ1) is 11.7. The van der Waals surface area contributed by atoms with Crippen LogP contribution in [0.3, 0.4) is 0 Å². The van der Waals surface area contributed by atoms with Crippen molar-refractivity contribution in [2.75, 3.05) is 0 Å². The van der Waals surface area contributed by atoms with E-state index in [0.717, 1.165) is 30.6 Å². The van der Waals surface area contributed by atoms with Crippen LogP contribution < -0.4 is 0 Å². The number of hydrogen-bond acceptors (Lipinski definition) is 2. The van der Waals surface area contributed by atoms with Crippen molar-refractivity contribution < 1.29 is 5.11 Å². The molecule has 3 heteroatoms. The maximum Gasteiger partial charge on any atom is 0.209 e. The van der Waals surface area contributed by atoms with E-state index >= 15 is 0 Å². The molecule has 0 radical (unpaired) electrons. The summed E-state index contributed by atoms with van der Waals surface area (Å²) in [5.74, 6) is 0.247. The van der Waals surface area contributed by atoms with E-state index in [-0.39, 0.29) is 5.88 Å². The van der Waals surface area contributed by atoms with E-state index in [1.54, 1.807) is 10.7 Å². The number of aromatic nitrogens is 2. The first-order chi connectivity index (χ1) is 8.22. The number of aromatic hydroxyl groups is 1. The average molecular weight is 230 g/mol. The Balaban J connectivity index is 2.31. The van der Waals surface area contributed by atoms with E-state index in [4.69, 9.17) is 0 Å². The van der Waals surface area contributed by atoms with Gasteiger partial charge in [-0.3, -0.25) is 0 Å². The summed E-state index contributed by atoms with van der Waals surface area (Å²) in [4.78, 5) is 0. The van der Waals surface area contributed by atoms with Crippen molar-refractivity contribution in [2.24, 2.45) is 0 Å². The fourth-order valence-electron chi connectivity index (χ4n) is 1.87. The smallest absolute Gasteiger partial charge is 0.209 e. The van der Waals surface area contributed by atoms with Crippen molar-refractivity contribution in [1.29, 1.82) is 0 Å². The van der Waals surface area contributed by atoms with Crippen molar-refractivity contribution in [3.8, 4) is 17.1 Å². The van der Waals surface area contributed by atoms with Crippen molar-refractivity contribution >= 4 is 0 Å². The number of nitrogens with zero attached hydrogens (tertiary/aromatic N) is 2. The van der Waals surface area contributed by atoms with Gasteiger partial charge in [0.25, 0.3) is 0 Å². The van der Waals surface area contributed by atoms with Gasteiger partial charge in [-0.1, -0.05) is 37.6 Å². The Morgan fingerprint density at radius 2 is 2.06 bits per heavy atom. The number of rotatable bonds is 4. The molecule has 90 valence electrons. The van der Waals surface area contributed by atoms with Crippen LogP contribution in [0.5, 0.6) is 5.88 Å². The predicted octanol–water partition coefficient (Wildman–Crippen LogP) is 3.36. The summed E-state index contributed by atoms with van der Waals surface area (Å²) >= 11 is 0. The van der Waals surface area contributed by atoms with E-state index < -0.39 is 0 Å². The molecule has 1 N–H and O–H groups in total. The third-order valence-electron chi connectivity index (χ3n) is 2.90. The largest absolute Gasteiger partial charge is 0.493 e. The van der Waals surface area contributed by atoms with Crippen LogP contribution in [0.25, 0.3) is 11.3 Å². The van der Waals surface area contributed by atoms with Crippen molar-refractivity contribution in [3.05, 3.63) is 35.9 Å².